The summed E-state index contributed by atoms with van der Waals surface area (Å²) in [4.78, 5) is 11.2. The van der Waals surface area contributed by atoms with Gasteiger partial charge >= 0.3 is 0 Å². The second kappa shape index (κ2) is 3.83. The Bertz CT molecular complexity index is 568. The van der Waals surface area contributed by atoms with Crippen molar-refractivity contribution in [1.29, 1.82) is 0 Å². The number of sulfonamides is 1. The van der Waals surface area contributed by atoms with Gasteiger partial charge in [0.05, 0.1) is 4.90 Å². The lowest BCUT2D eigenvalue weighted by atomic mass is 10.0. The van der Waals surface area contributed by atoms with Crippen LogP contribution in [-0.4, -0.2) is 14.3 Å². The van der Waals surface area contributed by atoms with E-state index in [1.165, 1.54) is 6.07 Å². The standard InChI is InChI=1S/C9H9BrN2O3S/c10-6-4-7-5(1-2-9(13)12-7)3-8(6)16(11,14)15/h3-4H,1-2H2,(H,12,13)(H2,11,14,15). The molecule has 2 rings (SSSR count). The Morgan fingerprint density at radius 2 is 2.00 bits per heavy atom. The highest BCUT2D eigenvalue weighted by molar-refractivity contribution is 9.10. The van der Waals surface area contributed by atoms with E-state index in [4.69, 9.17) is 5.14 Å². The molecular formula is C9H9BrN2O3S. The molecule has 7 heteroatoms. The molecule has 0 spiro atoms. The number of hydrogen-bond acceptors (Lipinski definition) is 3. The maximum Gasteiger partial charge on any atom is 0.239 e. The van der Waals surface area contributed by atoms with Crippen LogP contribution in [0.5, 0.6) is 0 Å². The second-order valence-electron chi connectivity index (χ2n) is 3.53. The fraction of sp³-hybridized carbons (Fsp3) is 0.222. The molecule has 1 aromatic carbocycles. The van der Waals surface area contributed by atoms with Crippen molar-refractivity contribution < 1.29 is 13.2 Å². The van der Waals surface area contributed by atoms with Crippen LogP contribution in [0.1, 0.15) is 12.0 Å². The predicted molar refractivity (Wildman–Crippen MR) is 62.5 cm³/mol. The first-order valence-corrected chi connectivity index (χ1v) is 6.87. The van der Waals surface area contributed by atoms with Gasteiger partial charge < -0.3 is 5.32 Å². The van der Waals surface area contributed by atoms with E-state index in [0.717, 1.165) is 5.56 Å². The summed E-state index contributed by atoms with van der Waals surface area (Å²) in [7, 11) is -3.74. The van der Waals surface area contributed by atoms with Gasteiger partial charge in [0.25, 0.3) is 0 Å². The summed E-state index contributed by atoms with van der Waals surface area (Å²) < 4.78 is 22.9. The fourth-order valence-electron chi connectivity index (χ4n) is 1.60. The van der Waals surface area contributed by atoms with E-state index < -0.39 is 10.0 Å². The molecule has 1 amide bonds. The van der Waals surface area contributed by atoms with Crippen molar-refractivity contribution in [3.63, 3.8) is 0 Å². The molecule has 1 aromatic rings. The molecule has 0 atom stereocenters. The van der Waals surface area contributed by atoms with Crippen molar-refractivity contribution in [3.8, 4) is 0 Å². The van der Waals surface area contributed by atoms with Gasteiger partial charge in [0.1, 0.15) is 0 Å². The zero-order chi connectivity index (χ0) is 11.9. The fourth-order valence-corrected chi connectivity index (χ4v) is 3.26. The molecule has 0 saturated carbocycles. The van der Waals surface area contributed by atoms with Crippen LogP contribution < -0.4 is 10.5 Å². The highest BCUT2D eigenvalue weighted by Crippen LogP contribution is 2.31. The highest BCUT2D eigenvalue weighted by atomic mass is 79.9. The third kappa shape index (κ3) is 2.11. The van der Waals surface area contributed by atoms with Gasteiger partial charge in [-0.3, -0.25) is 4.79 Å². The van der Waals surface area contributed by atoms with Crippen molar-refractivity contribution in [2.24, 2.45) is 5.14 Å². The summed E-state index contributed by atoms with van der Waals surface area (Å²) in [6.45, 7) is 0. The number of aryl methyl sites for hydroxylation is 1. The third-order valence-electron chi connectivity index (χ3n) is 2.36. The number of primary sulfonamides is 1. The number of benzene rings is 1. The van der Waals surface area contributed by atoms with Crippen LogP contribution in [0.3, 0.4) is 0 Å². The lowest BCUT2D eigenvalue weighted by Crippen LogP contribution is -2.20. The monoisotopic (exact) mass is 304 g/mol. The zero-order valence-corrected chi connectivity index (χ0v) is 10.6. The molecule has 0 bridgehead atoms. The lowest BCUT2D eigenvalue weighted by molar-refractivity contribution is -0.116. The van der Waals surface area contributed by atoms with Crippen LogP contribution in [0.15, 0.2) is 21.5 Å². The zero-order valence-electron chi connectivity index (χ0n) is 8.16. The number of nitrogens with two attached hydrogens (primary N) is 1. The summed E-state index contributed by atoms with van der Waals surface area (Å²) in [5.41, 5.74) is 1.42. The number of carbonyl (C=O) groups excluding carboxylic acids is 1. The van der Waals surface area contributed by atoms with Gasteiger partial charge in [0, 0.05) is 16.6 Å². The van der Waals surface area contributed by atoms with Crippen LogP contribution >= 0.6 is 15.9 Å². The topological polar surface area (TPSA) is 89.3 Å². The molecule has 0 unspecified atom stereocenters. The first-order valence-electron chi connectivity index (χ1n) is 4.53. The number of anilines is 1. The van der Waals surface area contributed by atoms with E-state index in [-0.39, 0.29) is 10.8 Å². The van der Waals surface area contributed by atoms with E-state index in [0.29, 0.717) is 23.0 Å². The molecule has 3 N–H and O–H groups in total. The van der Waals surface area contributed by atoms with E-state index in [2.05, 4.69) is 21.2 Å². The molecule has 0 aliphatic carbocycles. The van der Waals surface area contributed by atoms with E-state index in [9.17, 15) is 13.2 Å². The Morgan fingerprint density at radius 3 is 2.62 bits per heavy atom. The molecular weight excluding hydrogens is 296 g/mol. The second-order valence-corrected chi connectivity index (χ2v) is 5.92. The largest absolute Gasteiger partial charge is 0.326 e. The van der Waals surface area contributed by atoms with Crippen LogP contribution in [0.2, 0.25) is 0 Å². The lowest BCUT2D eigenvalue weighted by Gasteiger charge is -2.18. The molecule has 1 aliphatic heterocycles. The molecule has 0 aromatic heterocycles. The number of hydrogen-bond donors (Lipinski definition) is 2. The SMILES string of the molecule is NS(=O)(=O)c1cc2c(cc1Br)NC(=O)CC2. The molecule has 1 heterocycles. The van der Waals surface area contributed by atoms with Gasteiger partial charge in [-0.15, -0.1) is 0 Å². The molecule has 5 nitrogen and oxygen atoms in total. The van der Waals surface area contributed by atoms with Gasteiger partial charge in [0.15, 0.2) is 0 Å². The van der Waals surface area contributed by atoms with Crippen LogP contribution in [0.25, 0.3) is 0 Å². The molecule has 16 heavy (non-hydrogen) atoms. The van der Waals surface area contributed by atoms with Crippen molar-refractivity contribution in [1.82, 2.24) is 0 Å². The van der Waals surface area contributed by atoms with Crippen LogP contribution in [0.4, 0.5) is 5.69 Å². The van der Waals surface area contributed by atoms with Crippen molar-refractivity contribution in [2.75, 3.05) is 5.32 Å². The van der Waals surface area contributed by atoms with Crippen LogP contribution in [-0.2, 0) is 21.2 Å². The van der Waals surface area contributed by atoms with Crippen molar-refractivity contribution >= 4 is 37.5 Å². The molecule has 86 valence electrons. The van der Waals surface area contributed by atoms with Crippen molar-refractivity contribution in [3.05, 3.63) is 22.2 Å². The smallest absolute Gasteiger partial charge is 0.239 e. The average molecular weight is 305 g/mol. The number of amides is 1. The summed E-state index contributed by atoms with van der Waals surface area (Å²) in [6, 6.07) is 3.06. The predicted octanol–water partition coefficient (Wildman–Crippen LogP) is 0.981. The Morgan fingerprint density at radius 1 is 1.31 bits per heavy atom. The molecule has 0 radical (unpaired) electrons. The Hall–Kier alpha value is -0.920. The van der Waals surface area contributed by atoms with Gasteiger partial charge in [-0.25, -0.2) is 13.6 Å². The van der Waals surface area contributed by atoms with E-state index in [1.807, 2.05) is 0 Å². The Balaban J connectivity index is 2.59. The quantitative estimate of drug-likeness (QED) is 0.810. The maximum atomic E-state index is 11.3. The van der Waals surface area contributed by atoms with Crippen molar-refractivity contribution in [2.45, 2.75) is 17.7 Å². The average Bonchev–Trinajstić information content (AvgIpc) is 2.14. The number of nitrogens with one attached hydrogen (secondary N) is 1. The van der Waals surface area contributed by atoms with E-state index in [1.54, 1.807) is 6.07 Å². The number of rotatable bonds is 1. The maximum absolute atomic E-state index is 11.3. The molecule has 1 aliphatic rings. The number of halogens is 1. The summed E-state index contributed by atoms with van der Waals surface area (Å²) in [5, 5.41) is 7.75. The number of carbonyl (C=O) groups is 1. The first-order chi connectivity index (χ1) is 7.38. The summed E-state index contributed by atoms with van der Waals surface area (Å²) >= 11 is 3.12. The normalized spacial score (nSPS) is 15.5. The number of fused-ring (bicyclic) bond motifs is 1. The first kappa shape index (κ1) is 11.6. The molecule has 0 saturated heterocycles. The molecule has 0 fully saturated rings. The van der Waals surface area contributed by atoms with Gasteiger partial charge in [-0.1, -0.05) is 0 Å². The minimum absolute atomic E-state index is 0.0439. The highest BCUT2D eigenvalue weighted by Gasteiger charge is 2.20. The van der Waals surface area contributed by atoms with E-state index >= 15 is 0 Å². The van der Waals surface area contributed by atoms with Gasteiger partial charge in [-0.05, 0) is 40.0 Å². The van der Waals surface area contributed by atoms with Crippen LogP contribution in [0, 0.1) is 0 Å². The van der Waals surface area contributed by atoms with Gasteiger partial charge in [0.2, 0.25) is 15.9 Å². The summed E-state index contributed by atoms with van der Waals surface area (Å²) in [6.07, 6.45) is 0.885. The summed E-state index contributed by atoms with van der Waals surface area (Å²) in [5.74, 6) is -0.0669. The van der Waals surface area contributed by atoms with Gasteiger partial charge in [-0.2, -0.15) is 0 Å². The Kier molecular flexibility index (Phi) is 2.77. The minimum Gasteiger partial charge on any atom is -0.326 e. The Labute approximate surface area is 101 Å². The minimum atomic E-state index is -3.74. The third-order valence-corrected chi connectivity index (χ3v) is 4.23.